The van der Waals surface area contributed by atoms with Crippen LogP contribution >= 0.6 is 15.9 Å². The number of halogens is 1. The Kier molecular flexibility index (Phi) is 4.52. The molecule has 2 aromatic rings. The summed E-state index contributed by atoms with van der Waals surface area (Å²) in [5.74, 6) is -0.172. The van der Waals surface area contributed by atoms with Crippen LogP contribution in [0.1, 0.15) is 16.1 Å². The van der Waals surface area contributed by atoms with E-state index in [-0.39, 0.29) is 5.91 Å². The minimum absolute atomic E-state index is 0.172. The van der Waals surface area contributed by atoms with E-state index in [2.05, 4.69) is 26.2 Å². The summed E-state index contributed by atoms with van der Waals surface area (Å²) in [7, 11) is 0. The predicted molar refractivity (Wildman–Crippen MR) is 78.8 cm³/mol. The molecule has 4 nitrogen and oxygen atoms in total. The summed E-state index contributed by atoms with van der Waals surface area (Å²) in [5.41, 5.74) is 7.68. The number of hydrogen-bond acceptors (Lipinski definition) is 3. The van der Waals surface area contributed by atoms with Crippen molar-refractivity contribution in [2.75, 3.05) is 12.3 Å². The van der Waals surface area contributed by atoms with E-state index in [4.69, 9.17) is 5.73 Å². The number of nitrogens with zero attached hydrogens (tertiary/aromatic N) is 1. The second-order valence-electron chi connectivity index (χ2n) is 4.06. The standard InChI is InChI=1S/C14H14BrN3O/c15-10-4-5-13(16)12(9-10)14(19)18-8-6-11-3-1-2-7-17-11/h1-5,7,9H,6,8,16H2,(H,18,19). The molecule has 0 atom stereocenters. The number of anilines is 1. The first-order valence-electron chi connectivity index (χ1n) is 5.90. The molecule has 98 valence electrons. The van der Waals surface area contributed by atoms with E-state index in [1.807, 2.05) is 18.2 Å². The van der Waals surface area contributed by atoms with Gasteiger partial charge in [-0.1, -0.05) is 22.0 Å². The summed E-state index contributed by atoms with van der Waals surface area (Å²) in [5, 5.41) is 2.84. The number of nitrogens with one attached hydrogen (secondary N) is 1. The zero-order chi connectivity index (χ0) is 13.7. The zero-order valence-electron chi connectivity index (χ0n) is 10.3. The molecule has 1 aromatic carbocycles. The molecule has 19 heavy (non-hydrogen) atoms. The van der Waals surface area contributed by atoms with Crippen LogP contribution in [0.25, 0.3) is 0 Å². The quantitative estimate of drug-likeness (QED) is 0.850. The average Bonchev–Trinajstić information content (AvgIpc) is 2.42. The Morgan fingerprint density at radius 1 is 1.32 bits per heavy atom. The van der Waals surface area contributed by atoms with Crippen LogP contribution in [0.3, 0.4) is 0 Å². The molecule has 2 rings (SSSR count). The van der Waals surface area contributed by atoms with Crippen LogP contribution in [-0.4, -0.2) is 17.4 Å². The molecule has 3 N–H and O–H groups in total. The molecule has 0 unspecified atom stereocenters. The van der Waals surface area contributed by atoms with Gasteiger partial charge in [0.15, 0.2) is 0 Å². The summed E-state index contributed by atoms with van der Waals surface area (Å²) in [4.78, 5) is 16.2. The molecule has 0 aliphatic rings. The molecule has 1 heterocycles. The summed E-state index contributed by atoms with van der Waals surface area (Å²) >= 11 is 3.32. The van der Waals surface area contributed by atoms with Gasteiger partial charge in [-0.25, -0.2) is 0 Å². The Labute approximate surface area is 120 Å². The molecule has 1 amide bonds. The molecule has 0 saturated heterocycles. The van der Waals surface area contributed by atoms with Crippen LogP contribution in [0.15, 0.2) is 47.1 Å². The maximum Gasteiger partial charge on any atom is 0.253 e. The van der Waals surface area contributed by atoms with Crippen molar-refractivity contribution in [3.05, 3.63) is 58.3 Å². The predicted octanol–water partition coefficient (Wildman–Crippen LogP) is 2.40. The largest absolute Gasteiger partial charge is 0.398 e. The first kappa shape index (κ1) is 13.5. The second-order valence-corrected chi connectivity index (χ2v) is 4.97. The fourth-order valence-electron chi connectivity index (χ4n) is 1.67. The van der Waals surface area contributed by atoms with Crippen LogP contribution in [0.2, 0.25) is 0 Å². The lowest BCUT2D eigenvalue weighted by Gasteiger charge is -2.07. The van der Waals surface area contributed by atoms with Gasteiger partial charge >= 0.3 is 0 Å². The molecular formula is C14H14BrN3O. The van der Waals surface area contributed by atoms with Crippen LogP contribution < -0.4 is 11.1 Å². The van der Waals surface area contributed by atoms with Crippen LogP contribution in [0.4, 0.5) is 5.69 Å². The van der Waals surface area contributed by atoms with Crippen molar-refractivity contribution in [1.29, 1.82) is 0 Å². The summed E-state index contributed by atoms with van der Waals surface area (Å²) in [6.45, 7) is 0.530. The Balaban J connectivity index is 1.93. The van der Waals surface area contributed by atoms with Gasteiger partial charge in [0, 0.05) is 35.0 Å². The van der Waals surface area contributed by atoms with Crippen LogP contribution in [-0.2, 0) is 6.42 Å². The Bertz CT molecular complexity index is 572. The minimum atomic E-state index is -0.172. The molecule has 0 bridgehead atoms. The highest BCUT2D eigenvalue weighted by atomic mass is 79.9. The number of hydrogen-bond donors (Lipinski definition) is 2. The smallest absolute Gasteiger partial charge is 0.253 e. The highest BCUT2D eigenvalue weighted by molar-refractivity contribution is 9.10. The zero-order valence-corrected chi connectivity index (χ0v) is 11.9. The van der Waals surface area contributed by atoms with Gasteiger partial charge in [0.2, 0.25) is 0 Å². The number of nitrogen functional groups attached to an aromatic ring is 1. The number of aromatic nitrogens is 1. The third-order valence-electron chi connectivity index (χ3n) is 2.65. The van der Waals surface area contributed by atoms with Crippen molar-refractivity contribution < 1.29 is 4.79 Å². The van der Waals surface area contributed by atoms with E-state index in [0.717, 1.165) is 10.2 Å². The monoisotopic (exact) mass is 319 g/mol. The highest BCUT2D eigenvalue weighted by Gasteiger charge is 2.09. The molecule has 0 aliphatic carbocycles. The lowest BCUT2D eigenvalue weighted by atomic mass is 10.1. The van der Waals surface area contributed by atoms with Gasteiger partial charge in [-0.3, -0.25) is 9.78 Å². The van der Waals surface area contributed by atoms with Gasteiger partial charge in [0.05, 0.1) is 5.56 Å². The van der Waals surface area contributed by atoms with Crippen molar-refractivity contribution in [1.82, 2.24) is 10.3 Å². The maximum atomic E-state index is 12.0. The summed E-state index contributed by atoms with van der Waals surface area (Å²) in [6, 6.07) is 10.9. The van der Waals surface area contributed by atoms with Gasteiger partial charge in [-0.05, 0) is 30.3 Å². The van der Waals surface area contributed by atoms with Crippen molar-refractivity contribution in [3.8, 4) is 0 Å². The Morgan fingerprint density at radius 3 is 2.89 bits per heavy atom. The second kappa shape index (κ2) is 6.33. The van der Waals surface area contributed by atoms with Gasteiger partial charge in [-0.2, -0.15) is 0 Å². The Hall–Kier alpha value is -1.88. The lowest BCUT2D eigenvalue weighted by Crippen LogP contribution is -2.26. The molecule has 0 fully saturated rings. The number of rotatable bonds is 4. The van der Waals surface area contributed by atoms with E-state index in [1.165, 1.54) is 0 Å². The fraction of sp³-hybridized carbons (Fsp3) is 0.143. The molecule has 1 aromatic heterocycles. The van der Waals surface area contributed by atoms with E-state index < -0.39 is 0 Å². The van der Waals surface area contributed by atoms with Crippen LogP contribution in [0, 0.1) is 0 Å². The SMILES string of the molecule is Nc1ccc(Br)cc1C(=O)NCCc1ccccn1. The molecule has 0 radical (unpaired) electrons. The number of carbonyl (C=O) groups is 1. The summed E-state index contributed by atoms with van der Waals surface area (Å²) in [6.07, 6.45) is 2.43. The molecule has 0 spiro atoms. The van der Waals surface area contributed by atoms with E-state index in [9.17, 15) is 4.79 Å². The van der Waals surface area contributed by atoms with E-state index in [1.54, 1.807) is 24.4 Å². The average molecular weight is 320 g/mol. The number of benzene rings is 1. The first-order chi connectivity index (χ1) is 9.16. The number of carbonyl (C=O) groups excluding carboxylic acids is 1. The Morgan fingerprint density at radius 2 is 2.16 bits per heavy atom. The molecule has 0 aliphatic heterocycles. The number of amides is 1. The van der Waals surface area contributed by atoms with Gasteiger partial charge in [0.1, 0.15) is 0 Å². The van der Waals surface area contributed by atoms with E-state index >= 15 is 0 Å². The lowest BCUT2D eigenvalue weighted by molar-refractivity contribution is 0.0955. The fourth-order valence-corrected chi connectivity index (χ4v) is 2.03. The molecule has 0 saturated carbocycles. The first-order valence-corrected chi connectivity index (χ1v) is 6.69. The third-order valence-corrected chi connectivity index (χ3v) is 3.15. The van der Waals surface area contributed by atoms with Crippen LogP contribution in [0.5, 0.6) is 0 Å². The van der Waals surface area contributed by atoms with Gasteiger partial charge in [0.25, 0.3) is 5.91 Å². The van der Waals surface area contributed by atoms with Crippen molar-refractivity contribution in [3.63, 3.8) is 0 Å². The van der Waals surface area contributed by atoms with Gasteiger partial charge < -0.3 is 11.1 Å². The molecule has 5 heteroatoms. The minimum Gasteiger partial charge on any atom is -0.398 e. The van der Waals surface area contributed by atoms with Crippen molar-refractivity contribution >= 4 is 27.5 Å². The highest BCUT2D eigenvalue weighted by Crippen LogP contribution is 2.18. The maximum absolute atomic E-state index is 12.0. The summed E-state index contributed by atoms with van der Waals surface area (Å²) < 4.78 is 0.830. The van der Waals surface area contributed by atoms with E-state index in [0.29, 0.717) is 24.2 Å². The van der Waals surface area contributed by atoms with Gasteiger partial charge in [-0.15, -0.1) is 0 Å². The van der Waals surface area contributed by atoms with Crippen molar-refractivity contribution in [2.24, 2.45) is 0 Å². The number of pyridine rings is 1. The third kappa shape index (κ3) is 3.79. The molecular weight excluding hydrogens is 306 g/mol. The topological polar surface area (TPSA) is 68.0 Å². The normalized spacial score (nSPS) is 10.2. The number of nitrogens with two attached hydrogens (primary N) is 1. The van der Waals surface area contributed by atoms with Crippen molar-refractivity contribution in [2.45, 2.75) is 6.42 Å².